The lowest BCUT2D eigenvalue weighted by atomic mass is 10.2. The molecule has 2 aromatic carbocycles. The minimum atomic E-state index is -0.396. The summed E-state index contributed by atoms with van der Waals surface area (Å²) in [6.45, 7) is 0.546. The Bertz CT molecular complexity index is 1160. The van der Waals surface area contributed by atoms with E-state index in [4.69, 9.17) is 27.9 Å². The number of halogens is 2. The first-order valence-electron chi connectivity index (χ1n) is 8.92. The van der Waals surface area contributed by atoms with Crippen LogP contribution in [0, 0.1) is 0 Å². The molecule has 8 nitrogen and oxygen atoms in total. The van der Waals surface area contributed by atoms with Gasteiger partial charge in [0.15, 0.2) is 6.73 Å². The van der Waals surface area contributed by atoms with Gasteiger partial charge in [0.05, 0.1) is 6.54 Å². The van der Waals surface area contributed by atoms with Gasteiger partial charge in [-0.25, -0.2) is 14.3 Å². The summed E-state index contributed by atoms with van der Waals surface area (Å²) >= 11 is 11.9. The Morgan fingerprint density at radius 3 is 2.70 bits per heavy atom. The van der Waals surface area contributed by atoms with Gasteiger partial charge in [-0.15, -0.1) is 5.10 Å². The number of nitrogens with one attached hydrogen (secondary N) is 1. The number of hydrogen-bond donors (Lipinski definition) is 1. The first-order valence-corrected chi connectivity index (χ1v) is 9.68. The molecule has 0 saturated heterocycles. The van der Waals surface area contributed by atoms with Crippen LogP contribution in [0.15, 0.2) is 67.1 Å². The SMILES string of the molecule is O=C(Nc1ncn(Cc2cccc(Cl)c2)n1)c1ccnn1COc1ccc(Cl)cc1. The number of rotatable bonds is 7. The summed E-state index contributed by atoms with van der Waals surface area (Å²) in [6, 6.07) is 16.0. The highest BCUT2D eigenvalue weighted by Gasteiger charge is 2.15. The van der Waals surface area contributed by atoms with Crippen LogP contribution in [0.2, 0.25) is 10.0 Å². The second kappa shape index (κ2) is 8.98. The van der Waals surface area contributed by atoms with E-state index in [1.165, 1.54) is 17.2 Å². The third-order valence-electron chi connectivity index (χ3n) is 4.11. The summed E-state index contributed by atoms with van der Waals surface area (Å²) in [5.41, 5.74) is 1.29. The highest BCUT2D eigenvalue weighted by Crippen LogP contribution is 2.16. The Balaban J connectivity index is 1.38. The molecule has 0 saturated carbocycles. The van der Waals surface area contributed by atoms with Crippen LogP contribution in [0.25, 0.3) is 0 Å². The molecular formula is C20H16Cl2N6O2. The summed E-state index contributed by atoms with van der Waals surface area (Å²) in [6.07, 6.45) is 3.06. The van der Waals surface area contributed by atoms with Crippen LogP contribution in [0.3, 0.4) is 0 Å². The molecule has 152 valence electrons. The summed E-state index contributed by atoms with van der Waals surface area (Å²) in [5.74, 6) is 0.406. The molecule has 10 heteroatoms. The predicted octanol–water partition coefficient (Wildman–Crippen LogP) is 4.12. The van der Waals surface area contributed by atoms with Gasteiger partial charge < -0.3 is 4.74 Å². The Hall–Kier alpha value is -3.36. The third kappa shape index (κ3) is 4.97. The molecule has 0 aliphatic carbocycles. The molecule has 0 atom stereocenters. The van der Waals surface area contributed by atoms with Gasteiger partial charge in [-0.05, 0) is 48.0 Å². The Kier molecular flexibility index (Phi) is 5.97. The Labute approximate surface area is 182 Å². The number of hydrogen-bond acceptors (Lipinski definition) is 5. The number of anilines is 1. The molecule has 2 aromatic heterocycles. The van der Waals surface area contributed by atoms with Gasteiger partial charge in [0.25, 0.3) is 5.91 Å². The van der Waals surface area contributed by atoms with E-state index < -0.39 is 5.91 Å². The van der Waals surface area contributed by atoms with E-state index in [1.807, 2.05) is 18.2 Å². The molecule has 0 bridgehead atoms. The van der Waals surface area contributed by atoms with Crippen molar-refractivity contribution in [1.82, 2.24) is 24.5 Å². The number of benzene rings is 2. The number of ether oxygens (including phenoxy) is 1. The van der Waals surface area contributed by atoms with Crippen molar-refractivity contribution in [1.29, 1.82) is 0 Å². The van der Waals surface area contributed by atoms with E-state index in [1.54, 1.807) is 41.1 Å². The maximum Gasteiger partial charge on any atom is 0.276 e. The van der Waals surface area contributed by atoms with Crippen molar-refractivity contribution in [3.05, 3.63) is 88.4 Å². The average Bonchev–Trinajstić information content (AvgIpc) is 3.37. The minimum Gasteiger partial charge on any atom is -0.471 e. The molecule has 0 spiro atoms. The Morgan fingerprint density at radius 1 is 1.07 bits per heavy atom. The standard InChI is InChI=1S/C20H16Cl2N6O2/c21-15-4-6-17(7-5-15)30-13-28-18(8-9-24-28)19(29)25-20-23-12-27(26-20)11-14-2-1-3-16(22)10-14/h1-10,12H,11,13H2,(H,25,26,29). The molecule has 30 heavy (non-hydrogen) atoms. The van der Waals surface area contributed by atoms with Crippen molar-refractivity contribution in [3.8, 4) is 5.75 Å². The summed E-state index contributed by atoms with van der Waals surface area (Å²) in [5, 5.41) is 12.3. The van der Waals surface area contributed by atoms with Crippen molar-refractivity contribution in [3.63, 3.8) is 0 Å². The highest BCUT2D eigenvalue weighted by atomic mass is 35.5. The van der Waals surface area contributed by atoms with Crippen molar-refractivity contribution >= 4 is 35.1 Å². The quantitative estimate of drug-likeness (QED) is 0.465. The average molecular weight is 443 g/mol. The van der Waals surface area contributed by atoms with Crippen LogP contribution in [0.1, 0.15) is 16.1 Å². The summed E-state index contributed by atoms with van der Waals surface area (Å²) < 4.78 is 8.69. The molecule has 2 heterocycles. The largest absolute Gasteiger partial charge is 0.471 e. The molecule has 0 aliphatic heterocycles. The lowest BCUT2D eigenvalue weighted by Crippen LogP contribution is -2.20. The van der Waals surface area contributed by atoms with Gasteiger partial charge >= 0.3 is 0 Å². The van der Waals surface area contributed by atoms with Gasteiger partial charge in [-0.3, -0.25) is 10.1 Å². The molecule has 1 N–H and O–H groups in total. The van der Waals surface area contributed by atoms with Crippen LogP contribution in [-0.2, 0) is 13.3 Å². The maximum absolute atomic E-state index is 12.6. The van der Waals surface area contributed by atoms with Gasteiger partial charge in [-0.1, -0.05) is 35.3 Å². The van der Waals surface area contributed by atoms with Gasteiger partial charge in [0, 0.05) is 16.2 Å². The van der Waals surface area contributed by atoms with Crippen LogP contribution < -0.4 is 10.1 Å². The smallest absolute Gasteiger partial charge is 0.276 e. The number of aromatic nitrogens is 5. The topological polar surface area (TPSA) is 86.9 Å². The predicted molar refractivity (Wildman–Crippen MR) is 113 cm³/mol. The van der Waals surface area contributed by atoms with Crippen LogP contribution in [0.5, 0.6) is 5.75 Å². The second-order valence-electron chi connectivity index (χ2n) is 6.29. The van der Waals surface area contributed by atoms with Crippen molar-refractivity contribution in [2.45, 2.75) is 13.3 Å². The first kappa shape index (κ1) is 19.9. The first-order chi connectivity index (χ1) is 14.6. The molecule has 0 unspecified atom stereocenters. The van der Waals surface area contributed by atoms with E-state index in [0.29, 0.717) is 28.0 Å². The van der Waals surface area contributed by atoms with Crippen molar-refractivity contribution in [2.75, 3.05) is 5.32 Å². The zero-order valence-corrected chi connectivity index (χ0v) is 17.1. The highest BCUT2D eigenvalue weighted by molar-refractivity contribution is 6.30. The maximum atomic E-state index is 12.6. The van der Waals surface area contributed by atoms with Gasteiger partial charge in [0.2, 0.25) is 5.95 Å². The van der Waals surface area contributed by atoms with Crippen molar-refractivity contribution in [2.24, 2.45) is 0 Å². The normalized spacial score (nSPS) is 10.7. The molecule has 4 rings (SSSR count). The molecule has 0 fully saturated rings. The van der Waals surface area contributed by atoms with E-state index in [0.717, 1.165) is 5.56 Å². The number of amides is 1. The van der Waals surface area contributed by atoms with Crippen LogP contribution in [0.4, 0.5) is 5.95 Å². The number of carbonyl (C=O) groups excluding carboxylic acids is 1. The molecule has 1 amide bonds. The minimum absolute atomic E-state index is 0.0635. The van der Waals surface area contributed by atoms with E-state index in [-0.39, 0.29) is 12.7 Å². The van der Waals surface area contributed by atoms with E-state index >= 15 is 0 Å². The van der Waals surface area contributed by atoms with E-state index in [2.05, 4.69) is 20.5 Å². The van der Waals surface area contributed by atoms with Crippen LogP contribution >= 0.6 is 23.2 Å². The lowest BCUT2D eigenvalue weighted by molar-refractivity contribution is 0.100. The summed E-state index contributed by atoms with van der Waals surface area (Å²) in [7, 11) is 0. The van der Waals surface area contributed by atoms with Gasteiger partial charge in [0.1, 0.15) is 17.8 Å². The fourth-order valence-corrected chi connectivity index (χ4v) is 3.05. The molecular weight excluding hydrogens is 427 g/mol. The summed E-state index contributed by atoms with van der Waals surface area (Å²) in [4.78, 5) is 16.7. The molecule has 4 aromatic rings. The van der Waals surface area contributed by atoms with Gasteiger partial charge in [-0.2, -0.15) is 5.10 Å². The fraction of sp³-hybridized carbons (Fsp3) is 0.100. The van der Waals surface area contributed by atoms with Crippen LogP contribution in [-0.4, -0.2) is 30.5 Å². The number of carbonyl (C=O) groups is 1. The fourth-order valence-electron chi connectivity index (χ4n) is 2.71. The third-order valence-corrected chi connectivity index (χ3v) is 4.60. The Morgan fingerprint density at radius 2 is 1.90 bits per heavy atom. The lowest BCUT2D eigenvalue weighted by Gasteiger charge is -2.09. The monoisotopic (exact) mass is 442 g/mol. The van der Waals surface area contributed by atoms with Crippen molar-refractivity contribution < 1.29 is 9.53 Å². The zero-order chi connectivity index (χ0) is 20.9. The number of nitrogens with zero attached hydrogens (tertiary/aromatic N) is 5. The van der Waals surface area contributed by atoms with E-state index in [9.17, 15) is 4.79 Å². The molecule has 0 aliphatic rings. The second-order valence-corrected chi connectivity index (χ2v) is 7.17. The zero-order valence-electron chi connectivity index (χ0n) is 15.6. The molecule has 0 radical (unpaired) electrons.